The van der Waals surface area contributed by atoms with E-state index in [1.165, 1.54) is 5.69 Å². The van der Waals surface area contributed by atoms with E-state index in [1.807, 2.05) is 24.3 Å². The quantitative estimate of drug-likeness (QED) is 0.640. The molecule has 1 aliphatic rings. The number of amides is 3. The fourth-order valence-corrected chi connectivity index (χ4v) is 3.67. The standard InChI is InChI=1S/C24H33N5O2/c1-19(28-14-16-29(17-15-28)21-12-8-5-9-13-21)18-25-22(30)24(2,3)27-23(31)26-20-10-6-4-7-11-20/h4-13,19H,14-18H2,1-3H3,(H,25,30)(H2,26,27,31). The Balaban J connectivity index is 1.42. The summed E-state index contributed by atoms with van der Waals surface area (Å²) in [5.41, 5.74) is 0.911. The first-order valence-electron chi connectivity index (χ1n) is 10.8. The van der Waals surface area contributed by atoms with Crippen LogP contribution in [-0.4, -0.2) is 61.1 Å². The molecule has 1 aliphatic heterocycles. The molecule has 1 saturated heterocycles. The maximum absolute atomic E-state index is 12.7. The van der Waals surface area contributed by atoms with Gasteiger partial charge in [0.1, 0.15) is 5.54 Å². The van der Waals surface area contributed by atoms with Gasteiger partial charge in [-0.15, -0.1) is 0 Å². The first-order chi connectivity index (χ1) is 14.8. The third-order valence-corrected chi connectivity index (χ3v) is 5.64. The van der Waals surface area contributed by atoms with Crippen molar-refractivity contribution in [3.63, 3.8) is 0 Å². The Hall–Kier alpha value is -3.06. The summed E-state index contributed by atoms with van der Waals surface area (Å²) in [6.07, 6.45) is 0. The summed E-state index contributed by atoms with van der Waals surface area (Å²) < 4.78 is 0. The number of piperazine rings is 1. The summed E-state index contributed by atoms with van der Waals surface area (Å²) in [5, 5.41) is 8.49. The Labute approximate surface area is 184 Å². The fraction of sp³-hybridized carbons (Fsp3) is 0.417. The largest absolute Gasteiger partial charge is 0.369 e. The molecule has 7 heteroatoms. The van der Waals surface area contributed by atoms with Crippen LogP contribution in [0.5, 0.6) is 0 Å². The van der Waals surface area contributed by atoms with Crippen LogP contribution in [-0.2, 0) is 4.79 Å². The average molecular weight is 424 g/mol. The molecule has 0 radical (unpaired) electrons. The zero-order valence-electron chi connectivity index (χ0n) is 18.6. The van der Waals surface area contributed by atoms with E-state index in [-0.39, 0.29) is 11.9 Å². The normalized spacial score (nSPS) is 15.8. The van der Waals surface area contributed by atoms with E-state index in [4.69, 9.17) is 0 Å². The number of carbonyl (C=O) groups is 2. The molecule has 166 valence electrons. The van der Waals surface area contributed by atoms with Gasteiger partial charge < -0.3 is 20.9 Å². The molecule has 0 aromatic heterocycles. The Morgan fingerprint density at radius 3 is 2.13 bits per heavy atom. The van der Waals surface area contributed by atoms with Crippen LogP contribution in [0.1, 0.15) is 20.8 Å². The number of para-hydroxylation sites is 2. The van der Waals surface area contributed by atoms with Crippen LogP contribution in [0.3, 0.4) is 0 Å². The van der Waals surface area contributed by atoms with E-state index >= 15 is 0 Å². The Kier molecular flexibility index (Phi) is 7.52. The number of benzene rings is 2. The summed E-state index contributed by atoms with van der Waals surface area (Å²) in [7, 11) is 0. The number of carbonyl (C=O) groups excluding carboxylic acids is 2. The monoisotopic (exact) mass is 423 g/mol. The smallest absolute Gasteiger partial charge is 0.320 e. The number of anilines is 2. The second kappa shape index (κ2) is 10.3. The van der Waals surface area contributed by atoms with Crippen molar-refractivity contribution in [3.8, 4) is 0 Å². The third kappa shape index (κ3) is 6.46. The highest BCUT2D eigenvalue weighted by Gasteiger charge is 2.30. The molecule has 3 N–H and O–H groups in total. The molecule has 2 aromatic rings. The van der Waals surface area contributed by atoms with Gasteiger partial charge >= 0.3 is 6.03 Å². The summed E-state index contributed by atoms with van der Waals surface area (Å²) in [6.45, 7) is 9.91. The van der Waals surface area contributed by atoms with Crippen LogP contribution in [0.25, 0.3) is 0 Å². The van der Waals surface area contributed by atoms with Crippen molar-refractivity contribution in [2.45, 2.75) is 32.4 Å². The molecule has 1 fully saturated rings. The molecule has 0 bridgehead atoms. The maximum Gasteiger partial charge on any atom is 0.320 e. The van der Waals surface area contributed by atoms with E-state index in [9.17, 15) is 9.59 Å². The summed E-state index contributed by atoms with van der Waals surface area (Å²) in [5.74, 6) is -0.203. The van der Waals surface area contributed by atoms with Gasteiger partial charge in [-0.05, 0) is 45.0 Å². The van der Waals surface area contributed by atoms with Crippen molar-refractivity contribution in [3.05, 3.63) is 60.7 Å². The van der Waals surface area contributed by atoms with E-state index in [0.717, 1.165) is 26.2 Å². The lowest BCUT2D eigenvalue weighted by Crippen LogP contribution is -2.58. The Bertz CT molecular complexity index is 849. The molecular formula is C24H33N5O2. The van der Waals surface area contributed by atoms with Gasteiger partial charge in [0.2, 0.25) is 5.91 Å². The molecule has 0 spiro atoms. The van der Waals surface area contributed by atoms with Crippen molar-refractivity contribution in [1.82, 2.24) is 15.5 Å². The van der Waals surface area contributed by atoms with E-state index in [1.54, 1.807) is 26.0 Å². The van der Waals surface area contributed by atoms with Gasteiger partial charge in [0.25, 0.3) is 0 Å². The molecule has 1 atom stereocenters. The number of hydrogen-bond donors (Lipinski definition) is 3. The van der Waals surface area contributed by atoms with Gasteiger partial charge in [0.15, 0.2) is 0 Å². The molecule has 7 nitrogen and oxygen atoms in total. The van der Waals surface area contributed by atoms with Gasteiger partial charge in [-0.1, -0.05) is 36.4 Å². The number of rotatable bonds is 7. The molecule has 2 aromatic carbocycles. The van der Waals surface area contributed by atoms with Crippen molar-refractivity contribution < 1.29 is 9.59 Å². The molecule has 3 amide bonds. The fourth-order valence-electron chi connectivity index (χ4n) is 3.67. The van der Waals surface area contributed by atoms with Crippen LogP contribution in [0, 0.1) is 0 Å². The van der Waals surface area contributed by atoms with E-state index in [2.05, 4.69) is 56.9 Å². The molecule has 1 unspecified atom stereocenters. The highest BCUT2D eigenvalue weighted by atomic mass is 16.2. The minimum atomic E-state index is -1.02. The Morgan fingerprint density at radius 1 is 0.935 bits per heavy atom. The van der Waals surface area contributed by atoms with Crippen molar-refractivity contribution >= 4 is 23.3 Å². The first kappa shape index (κ1) is 22.6. The summed E-state index contributed by atoms with van der Waals surface area (Å²) >= 11 is 0. The van der Waals surface area contributed by atoms with Gasteiger partial charge in [0, 0.05) is 50.1 Å². The van der Waals surface area contributed by atoms with Crippen LogP contribution in [0.4, 0.5) is 16.2 Å². The first-order valence-corrected chi connectivity index (χ1v) is 10.8. The average Bonchev–Trinajstić information content (AvgIpc) is 2.78. The van der Waals surface area contributed by atoms with E-state index in [0.29, 0.717) is 12.2 Å². The summed E-state index contributed by atoms with van der Waals surface area (Å²) in [6, 6.07) is 19.4. The minimum absolute atomic E-state index is 0.203. The molecule has 0 aliphatic carbocycles. The number of nitrogens with one attached hydrogen (secondary N) is 3. The summed E-state index contributed by atoms with van der Waals surface area (Å²) in [4.78, 5) is 29.7. The van der Waals surface area contributed by atoms with E-state index < -0.39 is 11.6 Å². The zero-order chi connectivity index (χ0) is 22.3. The van der Waals surface area contributed by atoms with Gasteiger partial charge in [-0.3, -0.25) is 9.69 Å². The SMILES string of the molecule is CC(CNC(=O)C(C)(C)NC(=O)Nc1ccccc1)N1CCN(c2ccccc2)CC1. The van der Waals surface area contributed by atoms with Crippen LogP contribution >= 0.6 is 0 Å². The molecule has 1 heterocycles. The Morgan fingerprint density at radius 2 is 1.52 bits per heavy atom. The van der Waals surface area contributed by atoms with Crippen LogP contribution in [0.15, 0.2) is 60.7 Å². The highest BCUT2D eigenvalue weighted by molar-refractivity contribution is 5.95. The topological polar surface area (TPSA) is 76.7 Å². The predicted molar refractivity (Wildman–Crippen MR) is 125 cm³/mol. The van der Waals surface area contributed by atoms with Crippen LogP contribution < -0.4 is 20.9 Å². The van der Waals surface area contributed by atoms with Crippen molar-refractivity contribution in [2.24, 2.45) is 0 Å². The lowest BCUT2D eigenvalue weighted by atomic mass is 10.0. The number of urea groups is 1. The lowest BCUT2D eigenvalue weighted by Gasteiger charge is -2.39. The van der Waals surface area contributed by atoms with Gasteiger partial charge in [-0.2, -0.15) is 0 Å². The van der Waals surface area contributed by atoms with Crippen molar-refractivity contribution in [2.75, 3.05) is 42.9 Å². The zero-order valence-corrected chi connectivity index (χ0v) is 18.6. The highest BCUT2D eigenvalue weighted by Crippen LogP contribution is 2.16. The van der Waals surface area contributed by atoms with Crippen molar-refractivity contribution in [1.29, 1.82) is 0 Å². The van der Waals surface area contributed by atoms with Gasteiger partial charge in [0.05, 0.1) is 0 Å². The second-order valence-electron chi connectivity index (χ2n) is 8.49. The number of nitrogens with zero attached hydrogens (tertiary/aromatic N) is 2. The molecule has 3 rings (SSSR count). The maximum atomic E-state index is 12.7. The van der Waals surface area contributed by atoms with Crippen LogP contribution in [0.2, 0.25) is 0 Å². The minimum Gasteiger partial charge on any atom is -0.369 e. The lowest BCUT2D eigenvalue weighted by molar-refractivity contribution is -0.126. The molecule has 0 saturated carbocycles. The molecular weight excluding hydrogens is 390 g/mol. The second-order valence-corrected chi connectivity index (χ2v) is 8.49. The molecule has 31 heavy (non-hydrogen) atoms. The van der Waals surface area contributed by atoms with Gasteiger partial charge in [-0.25, -0.2) is 4.79 Å². The predicted octanol–water partition coefficient (Wildman–Crippen LogP) is 2.91. The number of hydrogen-bond acceptors (Lipinski definition) is 4. The third-order valence-electron chi connectivity index (χ3n) is 5.64.